The van der Waals surface area contributed by atoms with Crippen molar-refractivity contribution in [1.29, 1.82) is 0 Å². The molecule has 4 nitrogen and oxygen atoms in total. The molecule has 0 fully saturated rings. The van der Waals surface area contributed by atoms with Crippen LogP contribution in [0.3, 0.4) is 0 Å². The Bertz CT molecular complexity index is 894. The quantitative estimate of drug-likeness (QED) is 0.572. The highest BCUT2D eigenvalue weighted by Crippen LogP contribution is 2.33. The highest BCUT2D eigenvalue weighted by Gasteiger charge is 2.30. The smallest absolute Gasteiger partial charge is 0.293 e. The van der Waals surface area contributed by atoms with Crippen LogP contribution in [0, 0.1) is 0 Å². The first-order valence-corrected chi connectivity index (χ1v) is 10.2. The Hall–Kier alpha value is -2.00. The van der Waals surface area contributed by atoms with E-state index in [0.717, 1.165) is 30.2 Å². The summed E-state index contributed by atoms with van der Waals surface area (Å²) in [5.41, 5.74) is -0.100. The van der Waals surface area contributed by atoms with Crippen LogP contribution in [-0.2, 0) is 16.2 Å². The van der Waals surface area contributed by atoms with Crippen molar-refractivity contribution in [3.8, 4) is 0 Å². The monoisotopic (exact) mass is 403 g/mol. The van der Waals surface area contributed by atoms with Crippen LogP contribution in [-0.4, -0.2) is 25.7 Å². The number of ketones is 1. The van der Waals surface area contributed by atoms with Crippen LogP contribution in [0.5, 0.6) is 0 Å². The van der Waals surface area contributed by atoms with E-state index in [1.807, 2.05) is 0 Å². The lowest BCUT2D eigenvalue weighted by Gasteiger charge is -2.13. The SMILES string of the molecule is C[C@@H](Sc1cccc(C(F)(F)F)c1)C(=O)c1ccc(NS(C)(=O)=O)cc1. The van der Waals surface area contributed by atoms with Gasteiger partial charge in [-0.25, -0.2) is 8.42 Å². The van der Waals surface area contributed by atoms with Gasteiger partial charge in [-0.2, -0.15) is 13.2 Å². The lowest BCUT2D eigenvalue weighted by atomic mass is 10.1. The molecule has 0 amide bonds. The van der Waals surface area contributed by atoms with Crippen molar-refractivity contribution in [2.75, 3.05) is 11.0 Å². The Morgan fingerprint density at radius 3 is 2.27 bits per heavy atom. The standard InChI is InChI=1S/C17H16F3NO3S2/c1-11(25-15-5-3-4-13(10-15)17(18,19)20)16(22)12-6-8-14(9-7-12)21-26(2,23)24/h3-11,21H,1-2H3/t11-/m1/s1. The Kier molecular flexibility index (Phi) is 6.02. The zero-order valence-corrected chi connectivity index (χ0v) is 15.5. The second-order valence-electron chi connectivity index (χ2n) is 5.60. The molecule has 0 aromatic heterocycles. The van der Waals surface area contributed by atoms with Gasteiger partial charge in [0.25, 0.3) is 0 Å². The summed E-state index contributed by atoms with van der Waals surface area (Å²) < 4.78 is 62.9. The summed E-state index contributed by atoms with van der Waals surface area (Å²) in [4.78, 5) is 12.8. The van der Waals surface area contributed by atoms with Crippen molar-refractivity contribution in [3.63, 3.8) is 0 Å². The molecule has 0 saturated heterocycles. The number of hydrogen-bond donors (Lipinski definition) is 1. The van der Waals surface area contributed by atoms with Crippen LogP contribution in [0.1, 0.15) is 22.8 Å². The van der Waals surface area contributed by atoms with Crippen molar-refractivity contribution in [2.24, 2.45) is 0 Å². The molecular formula is C17H16F3NO3S2. The highest BCUT2D eigenvalue weighted by atomic mass is 32.2. The molecule has 0 saturated carbocycles. The second-order valence-corrected chi connectivity index (χ2v) is 8.76. The molecule has 0 aliphatic rings. The number of anilines is 1. The minimum atomic E-state index is -4.44. The van der Waals surface area contributed by atoms with E-state index in [2.05, 4.69) is 4.72 Å². The molecule has 0 radical (unpaired) electrons. The zero-order chi connectivity index (χ0) is 19.5. The molecule has 1 N–H and O–H groups in total. The summed E-state index contributed by atoms with van der Waals surface area (Å²) in [5.74, 6) is -0.265. The maximum Gasteiger partial charge on any atom is 0.416 e. The van der Waals surface area contributed by atoms with Crippen LogP contribution in [0.25, 0.3) is 0 Å². The predicted molar refractivity (Wildman–Crippen MR) is 96.0 cm³/mol. The summed E-state index contributed by atoms with van der Waals surface area (Å²) in [6, 6.07) is 10.7. The third-order valence-electron chi connectivity index (χ3n) is 3.32. The number of sulfonamides is 1. The number of thioether (sulfide) groups is 1. The third-order valence-corrected chi connectivity index (χ3v) is 5.02. The summed E-state index contributed by atoms with van der Waals surface area (Å²) in [6.07, 6.45) is -3.42. The van der Waals surface area contributed by atoms with Gasteiger partial charge in [-0.3, -0.25) is 9.52 Å². The molecule has 2 aromatic carbocycles. The Balaban J connectivity index is 2.10. The van der Waals surface area contributed by atoms with Crippen LogP contribution < -0.4 is 4.72 Å². The molecule has 0 heterocycles. The van der Waals surface area contributed by atoms with Crippen LogP contribution in [0.2, 0.25) is 0 Å². The van der Waals surface area contributed by atoms with E-state index in [1.165, 1.54) is 36.4 Å². The first-order chi connectivity index (χ1) is 12.0. The number of halogens is 3. The first-order valence-electron chi connectivity index (χ1n) is 7.42. The molecule has 26 heavy (non-hydrogen) atoms. The van der Waals surface area contributed by atoms with Gasteiger partial charge in [0, 0.05) is 16.1 Å². The van der Waals surface area contributed by atoms with Gasteiger partial charge in [0.2, 0.25) is 10.0 Å². The van der Waals surface area contributed by atoms with E-state index in [9.17, 15) is 26.4 Å². The largest absolute Gasteiger partial charge is 0.416 e. The number of nitrogens with one attached hydrogen (secondary N) is 1. The number of alkyl halides is 3. The molecule has 2 rings (SSSR count). The lowest BCUT2D eigenvalue weighted by molar-refractivity contribution is -0.137. The van der Waals surface area contributed by atoms with Crippen LogP contribution in [0.4, 0.5) is 18.9 Å². The van der Waals surface area contributed by atoms with Crippen LogP contribution in [0.15, 0.2) is 53.4 Å². The number of carbonyl (C=O) groups excluding carboxylic acids is 1. The van der Waals surface area contributed by atoms with Crippen molar-refractivity contribution in [1.82, 2.24) is 0 Å². The molecule has 0 bridgehead atoms. The second kappa shape index (κ2) is 7.71. The fraction of sp³-hybridized carbons (Fsp3) is 0.235. The topological polar surface area (TPSA) is 63.2 Å². The fourth-order valence-corrected chi connectivity index (χ4v) is 3.72. The van der Waals surface area contributed by atoms with Crippen molar-refractivity contribution >= 4 is 33.3 Å². The minimum absolute atomic E-state index is 0.265. The van der Waals surface area contributed by atoms with Crippen molar-refractivity contribution in [3.05, 3.63) is 59.7 Å². The van der Waals surface area contributed by atoms with Crippen molar-refractivity contribution in [2.45, 2.75) is 23.2 Å². The van der Waals surface area contributed by atoms with Crippen LogP contribution >= 0.6 is 11.8 Å². The Morgan fingerprint density at radius 2 is 1.73 bits per heavy atom. The normalized spacial score (nSPS) is 13.3. The number of rotatable bonds is 6. The van der Waals surface area contributed by atoms with Gasteiger partial charge in [-0.1, -0.05) is 6.07 Å². The predicted octanol–water partition coefficient (Wildman–Crippen LogP) is 4.44. The molecule has 9 heteroatoms. The van der Waals surface area contributed by atoms with Crippen molar-refractivity contribution < 1.29 is 26.4 Å². The van der Waals surface area contributed by atoms with E-state index in [-0.39, 0.29) is 5.78 Å². The Labute approximate surface area is 153 Å². The summed E-state index contributed by atoms with van der Waals surface area (Å²) in [7, 11) is -3.41. The summed E-state index contributed by atoms with van der Waals surface area (Å²) in [5, 5.41) is -0.604. The molecule has 140 valence electrons. The van der Waals surface area contributed by atoms with Gasteiger partial charge in [0.1, 0.15) is 0 Å². The van der Waals surface area contributed by atoms with Gasteiger partial charge in [-0.15, -0.1) is 11.8 Å². The number of benzene rings is 2. The average molecular weight is 403 g/mol. The summed E-state index contributed by atoms with van der Waals surface area (Å²) >= 11 is 1.03. The van der Waals surface area contributed by atoms with E-state index >= 15 is 0 Å². The molecular weight excluding hydrogens is 387 g/mol. The first kappa shape index (κ1) is 20.3. The lowest BCUT2D eigenvalue weighted by Crippen LogP contribution is -2.14. The molecule has 0 aliphatic carbocycles. The van der Waals surface area contributed by atoms with E-state index < -0.39 is 27.0 Å². The highest BCUT2D eigenvalue weighted by molar-refractivity contribution is 8.00. The maximum atomic E-state index is 12.8. The van der Waals surface area contributed by atoms with E-state index in [0.29, 0.717) is 16.1 Å². The zero-order valence-electron chi connectivity index (χ0n) is 13.9. The maximum absolute atomic E-state index is 12.8. The third kappa shape index (κ3) is 5.77. The molecule has 0 aliphatic heterocycles. The molecule has 1 atom stereocenters. The summed E-state index contributed by atoms with van der Waals surface area (Å²) in [6.45, 7) is 1.61. The molecule has 2 aromatic rings. The van der Waals surface area contributed by atoms with E-state index in [1.54, 1.807) is 6.92 Å². The molecule has 0 spiro atoms. The van der Waals surface area contributed by atoms with E-state index in [4.69, 9.17) is 0 Å². The number of hydrogen-bond acceptors (Lipinski definition) is 4. The van der Waals surface area contributed by atoms with Gasteiger partial charge in [0.15, 0.2) is 5.78 Å². The van der Waals surface area contributed by atoms with Gasteiger partial charge >= 0.3 is 6.18 Å². The van der Waals surface area contributed by atoms with Gasteiger partial charge in [-0.05, 0) is 49.4 Å². The average Bonchev–Trinajstić information content (AvgIpc) is 2.53. The van der Waals surface area contributed by atoms with Gasteiger partial charge in [0.05, 0.1) is 17.1 Å². The molecule has 0 unspecified atom stereocenters. The number of Topliss-reactive ketones (excluding diaryl/α,β-unsaturated/α-hetero) is 1. The van der Waals surface area contributed by atoms with Gasteiger partial charge < -0.3 is 0 Å². The Morgan fingerprint density at radius 1 is 1.12 bits per heavy atom. The fourth-order valence-electron chi connectivity index (χ4n) is 2.15. The minimum Gasteiger partial charge on any atom is -0.293 e. The number of carbonyl (C=O) groups is 1.